The van der Waals surface area contributed by atoms with E-state index in [0.29, 0.717) is 11.2 Å². The molecule has 0 unspecified atom stereocenters. The van der Waals surface area contributed by atoms with E-state index < -0.39 is 0 Å². The zero-order chi connectivity index (χ0) is 20.5. The van der Waals surface area contributed by atoms with Crippen LogP contribution in [-0.4, -0.2) is 31.8 Å². The van der Waals surface area contributed by atoms with E-state index in [1.54, 1.807) is 37.4 Å². The number of fused-ring (bicyclic) bond motifs is 1. The minimum atomic E-state index is -0.318. The molecule has 0 saturated carbocycles. The molecule has 1 aliphatic heterocycles. The van der Waals surface area contributed by atoms with Gasteiger partial charge in [-0.15, -0.1) is 0 Å². The quantitative estimate of drug-likeness (QED) is 0.668. The van der Waals surface area contributed by atoms with Crippen LogP contribution in [0, 0.1) is 0 Å². The normalized spacial score (nSPS) is 14.0. The molecular weight excluding hydrogens is 372 g/mol. The van der Waals surface area contributed by atoms with Crippen molar-refractivity contribution in [3.63, 3.8) is 0 Å². The van der Waals surface area contributed by atoms with Crippen LogP contribution in [0.15, 0.2) is 53.3 Å². The van der Waals surface area contributed by atoms with Gasteiger partial charge in [0.05, 0.1) is 17.6 Å². The highest BCUT2D eigenvalue weighted by Gasteiger charge is 2.28. The SMILES string of the molecule is Cn1c(=O)n(CC(=O)Nc2ccc(CN3C(=O)CCC3=O)cc2)c2ccccc21. The number of imidazole rings is 1. The van der Waals surface area contributed by atoms with Crippen molar-refractivity contribution in [1.82, 2.24) is 14.0 Å². The number of amides is 3. The molecule has 3 aromatic rings. The Morgan fingerprint density at radius 3 is 2.21 bits per heavy atom. The number of nitrogens with zero attached hydrogens (tertiary/aromatic N) is 3. The van der Waals surface area contributed by atoms with Crippen LogP contribution in [0.25, 0.3) is 11.0 Å². The summed E-state index contributed by atoms with van der Waals surface area (Å²) in [5.41, 5.74) is 2.59. The second-order valence-corrected chi connectivity index (χ2v) is 7.04. The molecule has 0 bridgehead atoms. The highest BCUT2D eigenvalue weighted by atomic mass is 16.2. The van der Waals surface area contributed by atoms with Crippen molar-refractivity contribution in [3.8, 4) is 0 Å². The van der Waals surface area contributed by atoms with E-state index >= 15 is 0 Å². The molecule has 0 aliphatic carbocycles. The largest absolute Gasteiger partial charge is 0.329 e. The Morgan fingerprint density at radius 2 is 1.55 bits per heavy atom. The topological polar surface area (TPSA) is 93.4 Å². The first-order valence-electron chi connectivity index (χ1n) is 9.30. The summed E-state index contributed by atoms with van der Waals surface area (Å²) in [6.45, 7) is 0.135. The van der Waals surface area contributed by atoms with Crippen molar-refractivity contribution < 1.29 is 14.4 Å². The van der Waals surface area contributed by atoms with Crippen molar-refractivity contribution in [1.29, 1.82) is 0 Å². The minimum absolute atomic E-state index is 0.0985. The number of hydrogen-bond acceptors (Lipinski definition) is 4. The summed E-state index contributed by atoms with van der Waals surface area (Å²) in [6.07, 6.45) is 0.529. The minimum Gasteiger partial charge on any atom is -0.325 e. The standard InChI is InChI=1S/C21H20N4O4/c1-23-16-4-2-3-5-17(16)24(21(23)29)13-18(26)22-15-8-6-14(7-9-15)12-25-19(27)10-11-20(25)28/h2-9H,10-13H2,1H3,(H,22,26). The number of likely N-dealkylation sites (tertiary alicyclic amines) is 1. The lowest BCUT2D eigenvalue weighted by Crippen LogP contribution is -2.28. The number of imide groups is 1. The summed E-state index contributed by atoms with van der Waals surface area (Å²) in [6, 6.07) is 14.3. The lowest BCUT2D eigenvalue weighted by Gasteiger charge is -2.14. The Labute approximate surface area is 166 Å². The molecule has 1 aromatic heterocycles. The number of nitrogens with one attached hydrogen (secondary N) is 1. The van der Waals surface area contributed by atoms with E-state index in [-0.39, 0.29) is 49.3 Å². The molecule has 2 heterocycles. The maximum absolute atomic E-state index is 12.5. The van der Waals surface area contributed by atoms with Crippen LogP contribution in [0.2, 0.25) is 0 Å². The number of para-hydroxylation sites is 2. The smallest absolute Gasteiger partial charge is 0.325 e. The summed E-state index contributed by atoms with van der Waals surface area (Å²) in [4.78, 5) is 49.6. The molecular formula is C21H20N4O4. The van der Waals surface area contributed by atoms with Gasteiger partial charge in [0.2, 0.25) is 17.7 Å². The molecule has 1 aliphatic rings. The van der Waals surface area contributed by atoms with Gasteiger partial charge in [0.25, 0.3) is 0 Å². The predicted octanol–water partition coefficient (Wildman–Crippen LogP) is 1.63. The summed E-state index contributed by atoms with van der Waals surface area (Å²) < 4.78 is 2.95. The third kappa shape index (κ3) is 3.56. The highest BCUT2D eigenvalue weighted by Crippen LogP contribution is 2.18. The number of hydrogen-bond donors (Lipinski definition) is 1. The van der Waals surface area contributed by atoms with Crippen LogP contribution in [0.1, 0.15) is 18.4 Å². The van der Waals surface area contributed by atoms with Crippen LogP contribution < -0.4 is 11.0 Å². The van der Waals surface area contributed by atoms with Gasteiger partial charge >= 0.3 is 5.69 Å². The Kier molecular flexibility index (Phi) is 4.75. The summed E-state index contributed by atoms with van der Waals surface area (Å²) in [5, 5.41) is 2.77. The number of aryl methyl sites for hydroxylation is 1. The summed E-state index contributed by atoms with van der Waals surface area (Å²) >= 11 is 0. The molecule has 4 rings (SSSR count). The molecule has 8 heteroatoms. The average Bonchev–Trinajstić information content (AvgIpc) is 3.15. The molecule has 1 N–H and O–H groups in total. The average molecular weight is 392 g/mol. The van der Waals surface area contributed by atoms with Crippen LogP contribution >= 0.6 is 0 Å². The van der Waals surface area contributed by atoms with Crippen LogP contribution in [0.3, 0.4) is 0 Å². The van der Waals surface area contributed by atoms with E-state index in [4.69, 9.17) is 0 Å². The van der Waals surface area contributed by atoms with E-state index in [0.717, 1.165) is 11.1 Å². The van der Waals surface area contributed by atoms with Crippen molar-refractivity contribution in [2.45, 2.75) is 25.9 Å². The Bertz CT molecular complexity index is 1160. The molecule has 0 radical (unpaired) electrons. The Balaban J connectivity index is 1.44. The van der Waals surface area contributed by atoms with E-state index in [1.165, 1.54) is 14.0 Å². The molecule has 1 fully saturated rings. The first kappa shape index (κ1) is 18.7. The van der Waals surface area contributed by atoms with E-state index in [2.05, 4.69) is 5.32 Å². The van der Waals surface area contributed by atoms with Crippen molar-refractivity contribution >= 4 is 34.4 Å². The van der Waals surface area contributed by atoms with Crippen LogP contribution in [-0.2, 0) is 34.5 Å². The fraction of sp³-hybridized carbons (Fsp3) is 0.238. The van der Waals surface area contributed by atoms with Gasteiger partial charge in [-0.1, -0.05) is 24.3 Å². The maximum Gasteiger partial charge on any atom is 0.329 e. The molecule has 8 nitrogen and oxygen atoms in total. The zero-order valence-electron chi connectivity index (χ0n) is 15.9. The van der Waals surface area contributed by atoms with Crippen LogP contribution in [0.5, 0.6) is 0 Å². The lowest BCUT2D eigenvalue weighted by molar-refractivity contribution is -0.139. The van der Waals surface area contributed by atoms with Crippen molar-refractivity contribution in [2.24, 2.45) is 7.05 Å². The molecule has 0 spiro atoms. The number of carbonyl (C=O) groups excluding carboxylic acids is 3. The Hall–Kier alpha value is -3.68. The number of aromatic nitrogens is 2. The molecule has 1 saturated heterocycles. The van der Waals surface area contributed by atoms with Crippen LogP contribution in [0.4, 0.5) is 5.69 Å². The predicted molar refractivity (Wildman–Crippen MR) is 107 cm³/mol. The van der Waals surface area contributed by atoms with E-state index in [9.17, 15) is 19.2 Å². The van der Waals surface area contributed by atoms with Crippen molar-refractivity contribution in [2.75, 3.05) is 5.32 Å². The molecule has 3 amide bonds. The van der Waals surface area contributed by atoms with Gasteiger partial charge in [-0.3, -0.25) is 28.4 Å². The zero-order valence-corrected chi connectivity index (χ0v) is 15.9. The van der Waals surface area contributed by atoms with Gasteiger partial charge < -0.3 is 5.32 Å². The number of benzene rings is 2. The first-order valence-corrected chi connectivity index (χ1v) is 9.30. The lowest BCUT2D eigenvalue weighted by atomic mass is 10.2. The summed E-state index contributed by atoms with van der Waals surface area (Å²) in [7, 11) is 1.67. The third-order valence-corrected chi connectivity index (χ3v) is 5.09. The van der Waals surface area contributed by atoms with E-state index in [1.807, 2.05) is 18.2 Å². The molecule has 148 valence electrons. The molecule has 29 heavy (non-hydrogen) atoms. The second kappa shape index (κ2) is 7.38. The van der Waals surface area contributed by atoms with Gasteiger partial charge in [-0.2, -0.15) is 0 Å². The fourth-order valence-electron chi connectivity index (χ4n) is 3.54. The monoisotopic (exact) mass is 392 g/mol. The first-order chi connectivity index (χ1) is 13.9. The second-order valence-electron chi connectivity index (χ2n) is 7.04. The fourth-order valence-corrected chi connectivity index (χ4v) is 3.54. The molecule has 0 atom stereocenters. The number of anilines is 1. The number of rotatable bonds is 5. The number of carbonyl (C=O) groups is 3. The van der Waals surface area contributed by atoms with Gasteiger partial charge in [0, 0.05) is 25.6 Å². The summed E-state index contributed by atoms with van der Waals surface area (Å²) in [5.74, 6) is -0.637. The van der Waals surface area contributed by atoms with Gasteiger partial charge in [0.15, 0.2) is 0 Å². The van der Waals surface area contributed by atoms with Gasteiger partial charge in [-0.05, 0) is 29.8 Å². The maximum atomic E-state index is 12.5. The molecule has 2 aromatic carbocycles. The van der Waals surface area contributed by atoms with Crippen molar-refractivity contribution in [3.05, 3.63) is 64.6 Å². The third-order valence-electron chi connectivity index (χ3n) is 5.09. The van der Waals surface area contributed by atoms with Gasteiger partial charge in [0.1, 0.15) is 6.54 Å². The Morgan fingerprint density at radius 1 is 0.931 bits per heavy atom. The van der Waals surface area contributed by atoms with Gasteiger partial charge in [-0.25, -0.2) is 4.79 Å². The highest BCUT2D eigenvalue weighted by molar-refractivity contribution is 6.01.